The van der Waals surface area contributed by atoms with E-state index >= 15 is 0 Å². The summed E-state index contributed by atoms with van der Waals surface area (Å²) in [6.45, 7) is 2.25. The number of hydrogen-bond donors (Lipinski definition) is 0. The first-order chi connectivity index (χ1) is 13.3. The SMILES string of the molecule is CCCCCCCCCCCCC(=O)Oc1cnc(-c2ccccc2)nc1. The molecule has 2 rings (SSSR count). The van der Waals surface area contributed by atoms with E-state index in [4.69, 9.17) is 4.74 Å². The molecule has 0 aliphatic heterocycles. The van der Waals surface area contributed by atoms with Crippen LogP contribution < -0.4 is 4.74 Å². The fraction of sp³-hybridized carbons (Fsp3) is 0.522. The molecule has 1 aromatic heterocycles. The molecule has 27 heavy (non-hydrogen) atoms. The maximum absolute atomic E-state index is 11.9. The number of nitrogens with zero attached hydrogens (tertiary/aromatic N) is 2. The van der Waals surface area contributed by atoms with Crippen LogP contribution >= 0.6 is 0 Å². The van der Waals surface area contributed by atoms with Crippen molar-refractivity contribution in [3.8, 4) is 17.1 Å². The van der Waals surface area contributed by atoms with Crippen LogP contribution in [0.3, 0.4) is 0 Å². The van der Waals surface area contributed by atoms with Gasteiger partial charge in [0.15, 0.2) is 11.6 Å². The molecule has 0 unspecified atom stereocenters. The Balaban J connectivity index is 1.55. The monoisotopic (exact) mass is 368 g/mol. The lowest BCUT2D eigenvalue weighted by Gasteiger charge is -2.05. The highest BCUT2D eigenvalue weighted by atomic mass is 16.5. The van der Waals surface area contributed by atoms with Gasteiger partial charge in [0.1, 0.15) is 0 Å². The molecule has 0 aliphatic rings. The molecule has 0 N–H and O–H groups in total. The zero-order valence-corrected chi connectivity index (χ0v) is 16.5. The Morgan fingerprint density at radius 1 is 0.815 bits per heavy atom. The topological polar surface area (TPSA) is 52.1 Å². The zero-order valence-electron chi connectivity index (χ0n) is 16.5. The number of rotatable bonds is 13. The van der Waals surface area contributed by atoms with E-state index in [2.05, 4.69) is 16.9 Å². The molecule has 0 amide bonds. The Morgan fingerprint density at radius 2 is 1.37 bits per heavy atom. The van der Waals surface area contributed by atoms with Gasteiger partial charge in [-0.15, -0.1) is 0 Å². The Kier molecular flexibility index (Phi) is 10.2. The molecule has 4 nitrogen and oxygen atoms in total. The summed E-state index contributed by atoms with van der Waals surface area (Å²) >= 11 is 0. The molecule has 0 bridgehead atoms. The van der Waals surface area contributed by atoms with Crippen LogP contribution in [0.25, 0.3) is 11.4 Å². The molecular formula is C23H32N2O2. The predicted octanol–water partition coefficient (Wildman–Crippen LogP) is 6.36. The highest BCUT2D eigenvalue weighted by Gasteiger charge is 2.07. The number of unbranched alkanes of at least 4 members (excludes halogenated alkanes) is 9. The van der Waals surface area contributed by atoms with Gasteiger partial charge in [0.2, 0.25) is 0 Å². The summed E-state index contributed by atoms with van der Waals surface area (Å²) in [6.07, 6.45) is 16.1. The van der Waals surface area contributed by atoms with Crippen molar-refractivity contribution in [2.45, 2.75) is 77.6 Å². The minimum absolute atomic E-state index is 0.203. The van der Waals surface area contributed by atoms with E-state index in [0.717, 1.165) is 18.4 Å². The maximum atomic E-state index is 11.9. The highest BCUT2D eigenvalue weighted by molar-refractivity contribution is 5.72. The molecule has 4 heteroatoms. The van der Waals surface area contributed by atoms with Gasteiger partial charge >= 0.3 is 5.97 Å². The lowest BCUT2D eigenvalue weighted by molar-refractivity contribution is -0.134. The first kappa shape index (κ1) is 21.1. The molecule has 0 atom stereocenters. The van der Waals surface area contributed by atoms with Crippen molar-refractivity contribution in [2.24, 2.45) is 0 Å². The normalized spacial score (nSPS) is 10.7. The van der Waals surface area contributed by atoms with Crippen molar-refractivity contribution in [1.82, 2.24) is 9.97 Å². The van der Waals surface area contributed by atoms with Gasteiger partial charge in [-0.05, 0) is 6.42 Å². The van der Waals surface area contributed by atoms with Crippen molar-refractivity contribution in [3.05, 3.63) is 42.7 Å². The van der Waals surface area contributed by atoms with Gasteiger partial charge in [-0.1, -0.05) is 95.0 Å². The number of aromatic nitrogens is 2. The van der Waals surface area contributed by atoms with E-state index in [0.29, 0.717) is 18.0 Å². The van der Waals surface area contributed by atoms with Gasteiger partial charge < -0.3 is 4.74 Å². The fourth-order valence-corrected chi connectivity index (χ4v) is 3.04. The number of hydrogen-bond acceptors (Lipinski definition) is 4. The smallest absolute Gasteiger partial charge is 0.311 e. The molecular weight excluding hydrogens is 336 g/mol. The third kappa shape index (κ3) is 8.80. The van der Waals surface area contributed by atoms with Crippen molar-refractivity contribution in [2.75, 3.05) is 0 Å². The first-order valence-corrected chi connectivity index (χ1v) is 10.4. The van der Waals surface area contributed by atoms with Crippen LogP contribution in [0.1, 0.15) is 77.6 Å². The van der Waals surface area contributed by atoms with Gasteiger partial charge in [0, 0.05) is 12.0 Å². The Bertz CT molecular complexity index is 641. The quantitative estimate of drug-likeness (QED) is 0.305. The third-order valence-corrected chi connectivity index (χ3v) is 4.63. The third-order valence-electron chi connectivity index (χ3n) is 4.63. The number of carbonyl (C=O) groups excluding carboxylic acids is 1. The van der Waals surface area contributed by atoms with Crippen LogP contribution in [0.4, 0.5) is 0 Å². The minimum atomic E-state index is -0.203. The van der Waals surface area contributed by atoms with Crippen molar-refractivity contribution >= 4 is 5.97 Å². The lowest BCUT2D eigenvalue weighted by Crippen LogP contribution is -2.08. The average Bonchev–Trinajstić information content (AvgIpc) is 2.70. The molecule has 0 saturated carbocycles. The van der Waals surface area contributed by atoms with E-state index < -0.39 is 0 Å². The number of ether oxygens (including phenoxy) is 1. The van der Waals surface area contributed by atoms with Crippen LogP contribution in [0.5, 0.6) is 5.75 Å². The predicted molar refractivity (Wildman–Crippen MR) is 110 cm³/mol. The molecule has 2 aromatic rings. The molecule has 0 radical (unpaired) electrons. The van der Waals surface area contributed by atoms with Crippen LogP contribution in [0, 0.1) is 0 Å². The maximum Gasteiger partial charge on any atom is 0.311 e. The van der Waals surface area contributed by atoms with Crippen LogP contribution in [-0.4, -0.2) is 15.9 Å². The summed E-state index contributed by atoms with van der Waals surface area (Å²) in [6, 6.07) is 9.74. The van der Waals surface area contributed by atoms with E-state index in [1.54, 1.807) is 12.4 Å². The second kappa shape index (κ2) is 13.0. The summed E-state index contributed by atoms with van der Waals surface area (Å²) in [7, 11) is 0. The molecule has 1 heterocycles. The summed E-state index contributed by atoms with van der Waals surface area (Å²) in [5.74, 6) is 0.836. The number of benzene rings is 1. The van der Waals surface area contributed by atoms with Gasteiger partial charge in [0.25, 0.3) is 0 Å². The Hall–Kier alpha value is -2.23. The van der Waals surface area contributed by atoms with Crippen LogP contribution in [-0.2, 0) is 4.79 Å². The second-order valence-corrected chi connectivity index (χ2v) is 7.01. The molecule has 146 valence electrons. The first-order valence-electron chi connectivity index (χ1n) is 10.4. The number of esters is 1. The molecule has 0 saturated heterocycles. The molecule has 0 fully saturated rings. The van der Waals surface area contributed by atoms with Crippen molar-refractivity contribution in [1.29, 1.82) is 0 Å². The largest absolute Gasteiger partial charge is 0.423 e. The molecule has 0 spiro atoms. The zero-order chi connectivity index (χ0) is 19.2. The van der Waals surface area contributed by atoms with E-state index in [-0.39, 0.29) is 5.97 Å². The van der Waals surface area contributed by atoms with Gasteiger partial charge in [-0.25, -0.2) is 9.97 Å². The average molecular weight is 369 g/mol. The Morgan fingerprint density at radius 3 is 1.96 bits per heavy atom. The van der Waals surface area contributed by atoms with E-state index in [1.807, 2.05) is 30.3 Å². The summed E-state index contributed by atoms with van der Waals surface area (Å²) in [5.41, 5.74) is 0.945. The Labute approximate surface area is 163 Å². The van der Waals surface area contributed by atoms with Crippen LogP contribution in [0.15, 0.2) is 42.7 Å². The van der Waals surface area contributed by atoms with E-state index in [1.165, 1.54) is 51.4 Å². The van der Waals surface area contributed by atoms with Gasteiger partial charge in [-0.3, -0.25) is 4.79 Å². The fourth-order valence-electron chi connectivity index (χ4n) is 3.04. The van der Waals surface area contributed by atoms with Crippen molar-refractivity contribution in [3.63, 3.8) is 0 Å². The van der Waals surface area contributed by atoms with E-state index in [9.17, 15) is 4.79 Å². The summed E-state index contributed by atoms with van der Waals surface area (Å²) < 4.78 is 5.32. The lowest BCUT2D eigenvalue weighted by atomic mass is 10.1. The second-order valence-electron chi connectivity index (χ2n) is 7.01. The van der Waals surface area contributed by atoms with Gasteiger partial charge in [0.05, 0.1) is 12.4 Å². The highest BCUT2D eigenvalue weighted by Crippen LogP contribution is 2.17. The summed E-state index contributed by atoms with van der Waals surface area (Å²) in [5, 5.41) is 0. The molecule has 1 aromatic carbocycles. The summed E-state index contributed by atoms with van der Waals surface area (Å²) in [4.78, 5) is 20.5. The van der Waals surface area contributed by atoms with Gasteiger partial charge in [-0.2, -0.15) is 0 Å². The number of carbonyl (C=O) groups is 1. The standard InChI is InChI=1S/C23H32N2O2/c1-2-3-4-5-6-7-8-9-10-14-17-22(26)27-21-18-24-23(25-19-21)20-15-12-11-13-16-20/h11-13,15-16,18-19H,2-10,14,17H2,1H3. The van der Waals surface area contributed by atoms with Crippen LogP contribution in [0.2, 0.25) is 0 Å². The molecule has 0 aliphatic carbocycles. The van der Waals surface area contributed by atoms with Crippen molar-refractivity contribution < 1.29 is 9.53 Å². The minimum Gasteiger partial charge on any atom is -0.423 e.